The Morgan fingerprint density at radius 1 is 1.29 bits per heavy atom. The average Bonchev–Trinajstić information content (AvgIpc) is 2.47. The molecule has 0 unspecified atom stereocenters. The van der Waals surface area contributed by atoms with Crippen molar-refractivity contribution in [2.75, 3.05) is 24.3 Å². The highest BCUT2D eigenvalue weighted by molar-refractivity contribution is 5.70. The van der Waals surface area contributed by atoms with Gasteiger partial charge in [0.05, 0.1) is 16.8 Å². The topological polar surface area (TPSA) is 96.3 Å². The van der Waals surface area contributed by atoms with Gasteiger partial charge in [-0.3, -0.25) is 10.1 Å². The Kier molecular flexibility index (Phi) is 4.00. The third kappa shape index (κ3) is 3.06. The predicted molar refractivity (Wildman–Crippen MR) is 78.4 cm³/mol. The fourth-order valence-corrected chi connectivity index (χ4v) is 1.88. The summed E-state index contributed by atoms with van der Waals surface area (Å²) < 4.78 is 0. The third-order valence-electron chi connectivity index (χ3n) is 2.92. The van der Waals surface area contributed by atoms with Gasteiger partial charge in [0.2, 0.25) is 0 Å². The molecular weight excluding hydrogens is 270 g/mol. The molecule has 1 aromatic carbocycles. The molecule has 2 N–H and O–H groups in total. The zero-order valence-electron chi connectivity index (χ0n) is 11.6. The van der Waals surface area contributed by atoms with E-state index in [1.54, 1.807) is 24.4 Å². The molecule has 0 aliphatic carbocycles. The summed E-state index contributed by atoms with van der Waals surface area (Å²) in [5, 5.41) is 23.0. The summed E-state index contributed by atoms with van der Waals surface area (Å²) in [7, 11) is 3.71. The minimum atomic E-state index is -0.455. The van der Waals surface area contributed by atoms with Crippen molar-refractivity contribution >= 4 is 22.9 Å². The number of nitrogens with one attached hydrogen (secondary N) is 2. The maximum Gasteiger partial charge on any atom is 0.297 e. The van der Waals surface area contributed by atoms with Crippen LogP contribution in [0, 0.1) is 21.4 Å². The Morgan fingerprint density at radius 2 is 1.95 bits per heavy atom. The van der Waals surface area contributed by atoms with E-state index in [1.165, 1.54) is 12.1 Å². The standard InChI is InChI=1S/C14H13N5O2/c1-18(2)13-7-8-16-14(12(13)9-15)17-10-3-5-11(6-4-10)19(20)21/h3-8H,1-2H3,(H,16,17)/p+1. The fourth-order valence-electron chi connectivity index (χ4n) is 1.88. The lowest BCUT2D eigenvalue weighted by Crippen LogP contribution is -2.17. The Hall–Kier alpha value is -3.14. The molecule has 0 aliphatic rings. The average molecular weight is 284 g/mol. The van der Waals surface area contributed by atoms with E-state index in [2.05, 4.69) is 16.4 Å². The molecule has 21 heavy (non-hydrogen) atoms. The lowest BCUT2D eigenvalue weighted by molar-refractivity contribution is -0.384. The van der Waals surface area contributed by atoms with Gasteiger partial charge in [0.15, 0.2) is 5.56 Å². The van der Waals surface area contributed by atoms with Crippen molar-refractivity contribution in [1.29, 1.82) is 5.26 Å². The van der Waals surface area contributed by atoms with E-state index < -0.39 is 4.92 Å². The van der Waals surface area contributed by atoms with E-state index in [9.17, 15) is 15.4 Å². The van der Waals surface area contributed by atoms with Crippen LogP contribution in [0.15, 0.2) is 36.5 Å². The van der Waals surface area contributed by atoms with Gasteiger partial charge in [-0.15, -0.1) is 0 Å². The van der Waals surface area contributed by atoms with E-state index in [4.69, 9.17) is 0 Å². The van der Waals surface area contributed by atoms with E-state index >= 15 is 0 Å². The van der Waals surface area contributed by atoms with E-state index in [-0.39, 0.29) is 5.69 Å². The Labute approximate surface area is 121 Å². The molecule has 2 aromatic rings. The number of nitro benzene ring substituents is 1. The first-order valence-electron chi connectivity index (χ1n) is 6.16. The number of rotatable bonds is 4. The summed E-state index contributed by atoms with van der Waals surface area (Å²) in [6.07, 6.45) is 1.73. The highest BCUT2D eigenvalue weighted by atomic mass is 16.6. The molecule has 0 fully saturated rings. The number of hydrogen-bond acceptors (Lipinski definition) is 5. The van der Waals surface area contributed by atoms with Gasteiger partial charge >= 0.3 is 0 Å². The Bertz CT molecular complexity index is 704. The number of nitrogens with zero attached hydrogens (tertiary/aromatic N) is 3. The number of nitriles is 1. The van der Waals surface area contributed by atoms with Gasteiger partial charge in [0.25, 0.3) is 11.5 Å². The van der Waals surface area contributed by atoms with Crippen LogP contribution in [0.1, 0.15) is 5.56 Å². The normalized spacial score (nSPS) is 9.76. The van der Waals surface area contributed by atoms with Crippen molar-refractivity contribution in [2.45, 2.75) is 0 Å². The minimum absolute atomic E-state index is 0.0204. The number of non-ortho nitro benzene ring substituents is 1. The third-order valence-corrected chi connectivity index (χ3v) is 2.92. The molecule has 2 rings (SSSR count). The maximum atomic E-state index is 10.6. The summed E-state index contributed by atoms with van der Waals surface area (Å²) in [5.74, 6) is 0.539. The highest BCUT2D eigenvalue weighted by Gasteiger charge is 2.17. The van der Waals surface area contributed by atoms with E-state index in [1.807, 2.05) is 19.0 Å². The second-order valence-corrected chi connectivity index (χ2v) is 4.55. The van der Waals surface area contributed by atoms with Crippen LogP contribution >= 0.6 is 0 Å². The summed E-state index contributed by atoms with van der Waals surface area (Å²) in [4.78, 5) is 15.0. The molecule has 106 valence electrons. The summed E-state index contributed by atoms with van der Waals surface area (Å²) in [6.45, 7) is 0. The number of aromatic amines is 1. The lowest BCUT2D eigenvalue weighted by atomic mass is 10.2. The van der Waals surface area contributed by atoms with Crippen molar-refractivity contribution in [2.24, 2.45) is 0 Å². The van der Waals surface area contributed by atoms with Crippen LogP contribution < -0.4 is 15.2 Å². The van der Waals surface area contributed by atoms with Crippen LogP contribution in [-0.4, -0.2) is 19.0 Å². The monoisotopic (exact) mass is 284 g/mol. The molecule has 0 saturated heterocycles. The van der Waals surface area contributed by atoms with Gasteiger partial charge in [-0.2, -0.15) is 5.26 Å². The van der Waals surface area contributed by atoms with Gasteiger partial charge in [-0.05, 0) is 12.1 Å². The zero-order chi connectivity index (χ0) is 15.4. The molecule has 0 amide bonds. The van der Waals surface area contributed by atoms with Gasteiger partial charge in [0.1, 0.15) is 11.8 Å². The molecule has 1 heterocycles. The maximum absolute atomic E-state index is 10.6. The molecule has 7 heteroatoms. The van der Waals surface area contributed by atoms with Crippen molar-refractivity contribution in [1.82, 2.24) is 0 Å². The Morgan fingerprint density at radius 3 is 2.48 bits per heavy atom. The number of hydrogen-bond donors (Lipinski definition) is 1. The van der Waals surface area contributed by atoms with E-state index in [0.29, 0.717) is 17.1 Å². The van der Waals surface area contributed by atoms with Gasteiger partial charge in [-0.25, -0.2) is 10.3 Å². The second kappa shape index (κ2) is 5.88. The number of benzene rings is 1. The number of anilines is 3. The van der Waals surface area contributed by atoms with Crippen LogP contribution in [0.5, 0.6) is 0 Å². The summed E-state index contributed by atoms with van der Waals surface area (Å²) in [6, 6.07) is 9.96. The number of H-pyrrole nitrogens is 1. The fraction of sp³-hybridized carbons (Fsp3) is 0.143. The first kappa shape index (κ1) is 14.3. The largest absolute Gasteiger partial charge is 0.376 e. The molecule has 0 saturated carbocycles. The van der Waals surface area contributed by atoms with Crippen molar-refractivity contribution in [3.05, 3.63) is 52.2 Å². The minimum Gasteiger partial charge on any atom is -0.376 e. The first-order valence-corrected chi connectivity index (χ1v) is 6.16. The zero-order valence-corrected chi connectivity index (χ0v) is 11.6. The lowest BCUT2D eigenvalue weighted by Gasteiger charge is -2.13. The smallest absolute Gasteiger partial charge is 0.297 e. The SMILES string of the molecule is CN(C)c1cc[nH+]c(Nc2ccc([N+](=O)[O-])cc2)c1C#N. The number of pyridine rings is 1. The van der Waals surface area contributed by atoms with E-state index in [0.717, 1.165) is 5.69 Å². The molecule has 0 aliphatic heterocycles. The first-order chi connectivity index (χ1) is 10.0. The van der Waals surface area contributed by atoms with Crippen LogP contribution in [0.2, 0.25) is 0 Å². The van der Waals surface area contributed by atoms with Crippen LogP contribution in [0.3, 0.4) is 0 Å². The second-order valence-electron chi connectivity index (χ2n) is 4.55. The molecular formula is C14H14N5O2+. The molecule has 1 aromatic heterocycles. The molecule has 7 nitrogen and oxygen atoms in total. The van der Waals surface area contributed by atoms with Crippen LogP contribution in [0.25, 0.3) is 0 Å². The van der Waals surface area contributed by atoms with Crippen LogP contribution in [0.4, 0.5) is 22.9 Å². The Balaban J connectivity index is 2.33. The summed E-state index contributed by atoms with van der Waals surface area (Å²) in [5.41, 5.74) is 1.93. The van der Waals surface area contributed by atoms with Crippen molar-refractivity contribution < 1.29 is 9.91 Å². The van der Waals surface area contributed by atoms with Crippen LogP contribution in [-0.2, 0) is 0 Å². The van der Waals surface area contributed by atoms with Crippen molar-refractivity contribution in [3.63, 3.8) is 0 Å². The summed E-state index contributed by atoms with van der Waals surface area (Å²) >= 11 is 0. The quantitative estimate of drug-likeness (QED) is 0.685. The highest BCUT2D eigenvalue weighted by Crippen LogP contribution is 2.24. The van der Waals surface area contributed by atoms with Crippen molar-refractivity contribution in [3.8, 4) is 6.07 Å². The number of nitro groups is 1. The van der Waals surface area contributed by atoms with Gasteiger partial charge in [-0.1, -0.05) is 0 Å². The molecule has 0 atom stereocenters. The molecule has 0 spiro atoms. The molecule has 0 radical (unpaired) electrons. The van der Waals surface area contributed by atoms with Gasteiger partial charge < -0.3 is 4.90 Å². The number of aromatic nitrogens is 1. The van der Waals surface area contributed by atoms with Gasteiger partial charge in [0, 0.05) is 32.3 Å². The predicted octanol–water partition coefficient (Wildman–Crippen LogP) is 2.09. The molecule has 0 bridgehead atoms.